The van der Waals surface area contributed by atoms with Crippen LogP contribution < -0.4 is 10.1 Å². The molecule has 0 aliphatic carbocycles. The van der Waals surface area contributed by atoms with Gasteiger partial charge in [0, 0.05) is 17.3 Å². The number of rotatable bonds is 7. The van der Waals surface area contributed by atoms with Crippen LogP contribution in [0.4, 0.5) is 11.4 Å². The lowest BCUT2D eigenvalue weighted by Gasteiger charge is -2.15. The number of hydrogen-bond acceptors (Lipinski definition) is 5. The third-order valence-electron chi connectivity index (χ3n) is 4.49. The maximum atomic E-state index is 12.5. The largest absolute Gasteiger partial charge is 0.494 e. The van der Waals surface area contributed by atoms with Crippen LogP contribution in [0.3, 0.4) is 0 Å². The first-order chi connectivity index (χ1) is 13.5. The molecule has 2 aromatic carbocycles. The van der Waals surface area contributed by atoms with Gasteiger partial charge < -0.3 is 14.8 Å². The van der Waals surface area contributed by atoms with Crippen molar-refractivity contribution in [2.45, 2.75) is 33.6 Å². The summed E-state index contributed by atoms with van der Waals surface area (Å²) in [5.41, 5.74) is 4.00. The summed E-state index contributed by atoms with van der Waals surface area (Å²) in [5.74, 6) is 0.788. The highest BCUT2D eigenvalue weighted by molar-refractivity contribution is 6.06. The van der Waals surface area contributed by atoms with Gasteiger partial charge in [0.05, 0.1) is 24.4 Å². The van der Waals surface area contributed by atoms with Gasteiger partial charge in [-0.3, -0.25) is 4.98 Å². The van der Waals surface area contributed by atoms with Crippen LogP contribution in [0.25, 0.3) is 10.9 Å². The fourth-order valence-corrected chi connectivity index (χ4v) is 3.02. The number of esters is 1. The predicted octanol–water partition coefficient (Wildman–Crippen LogP) is 5.68. The fourth-order valence-electron chi connectivity index (χ4n) is 3.02. The molecular formula is C23H26N2O3. The van der Waals surface area contributed by atoms with E-state index in [4.69, 9.17) is 9.47 Å². The average molecular weight is 378 g/mol. The van der Waals surface area contributed by atoms with Gasteiger partial charge in [0.25, 0.3) is 0 Å². The molecule has 28 heavy (non-hydrogen) atoms. The molecule has 3 rings (SSSR count). The van der Waals surface area contributed by atoms with Crippen molar-refractivity contribution in [1.29, 1.82) is 0 Å². The number of ether oxygens (including phenoxy) is 2. The summed E-state index contributed by atoms with van der Waals surface area (Å²) in [7, 11) is 0. The van der Waals surface area contributed by atoms with Crippen LogP contribution in [0.2, 0.25) is 0 Å². The molecule has 0 unspecified atom stereocenters. The summed E-state index contributed by atoms with van der Waals surface area (Å²) in [4.78, 5) is 16.9. The number of nitrogens with one attached hydrogen (secondary N) is 1. The van der Waals surface area contributed by atoms with E-state index in [1.165, 1.54) is 5.56 Å². The number of hydrogen-bond donors (Lipinski definition) is 1. The van der Waals surface area contributed by atoms with Crippen LogP contribution >= 0.6 is 0 Å². The Hall–Kier alpha value is -3.08. The number of nitrogens with zero attached hydrogens (tertiary/aromatic N) is 1. The Kier molecular flexibility index (Phi) is 6.14. The van der Waals surface area contributed by atoms with E-state index < -0.39 is 5.97 Å². The van der Waals surface area contributed by atoms with Crippen molar-refractivity contribution < 1.29 is 14.3 Å². The highest BCUT2D eigenvalue weighted by atomic mass is 16.5. The lowest BCUT2D eigenvalue weighted by atomic mass is 10.0. The molecule has 0 bridgehead atoms. The molecule has 0 atom stereocenters. The maximum Gasteiger partial charge on any atom is 0.341 e. The summed E-state index contributed by atoms with van der Waals surface area (Å²) < 4.78 is 10.9. The van der Waals surface area contributed by atoms with Crippen LogP contribution in [0.15, 0.2) is 48.7 Å². The topological polar surface area (TPSA) is 60.5 Å². The van der Waals surface area contributed by atoms with E-state index in [1.54, 1.807) is 13.1 Å². The summed E-state index contributed by atoms with van der Waals surface area (Å²) >= 11 is 0. The molecule has 146 valence electrons. The minimum Gasteiger partial charge on any atom is -0.494 e. The van der Waals surface area contributed by atoms with Gasteiger partial charge in [-0.1, -0.05) is 26.0 Å². The van der Waals surface area contributed by atoms with Crippen molar-refractivity contribution in [3.8, 4) is 5.75 Å². The van der Waals surface area contributed by atoms with Crippen LogP contribution in [-0.4, -0.2) is 24.2 Å². The Morgan fingerprint density at radius 3 is 2.46 bits per heavy atom. The van der Waals surface area contributed by atoms with Crippen LogP contribution in [0.1, 0.15) is 49.5 Å². The predicted molar refractivity (Wildman–Crippen MR) is 113 cm³/mol. The first-order valence-corrected chi connectivity index (χ1v) is 9.63. The van der Waals surface area contributed by atoms with Gasteiger partial charge in [-0.15, -0.1) is 0 Å². The molecule has 0 aliphatic rings. The van der Waals surface area contributed by atoms with Crippen LogP contribution in [0, 0.1) is 0 Å². The molecule has 5 heteroatoms. The first kappa shape index (κ1) is 19.7. The molecule has 1 aromatic heterocycles. The average Bonchev–Trinajstić information content (AvgIpc) is 2.69. The number of carbonyl (C=O) groups is 1. The quantitative estimate of drug-likeness (QED) is 0.536. The number of anilines is 2. The highest BCUT2D eigenvalue weighted by Gasteiger charge is 2.17. The second-order valence-corrected chi connectivity index (χ2v) is 6.78. The van der Waals surface area contributed by atoms with E-state index in [0.717, 1.165) is 22.3 Å². The van der Waals surface area contributed by atoms with Gasteiger partial charge in [0.15, 0.2) is 0 Å². The molecule has 5 nitrogen and oxygen atoms in total. The Labute approximate surface area is 165 Å². The smallest absolute Gasteiger partial charge is 0.341 e. The van der Waals surface area contributed by atoms with Crippen molar-refractivity contribution in [1.82, 2.24) is 4.98 Å². The van der Waals surface area contributed by atoms with E-state index in [0.29, 0.717) is 30.4 Å². The molecular weight excluding hydrogens is 352 g/mol. The summed E-state index contributed by atoms with van der Waals surface area (Å²) in [6.45, 7) is 8.92. The minimum absolute atomic E-state index is 0.304. The molecule has 0 amide bonds. The molecule has 0 aliphatic heterocycles. The molecule has 1 heterocycles. The molecule has 0 spiro atoms. The number of benzene rings is 2. The second-order valence-electron chi connectivity index (χ2n) is 6.78. The Morgan fingerprint density at radius 2 is 1.82 bits per heavy atom. The van der Waals surface area contributed by atoms with Crippen LogP contribution in [0.5, 0.6) is 5.75 Å². The van der Waals surface area contributed by atoms with Crippen LogP contribution in [-0.2, 0) is 4.74 Å². The number of fused-ring (bicyclic) bond motifs is 1. The minimum atomic E-state index is -0.403. The number of aromatic nitrogens is 1. The second kappa shape index (κ2) is 8.74. The Balaban J connectivity index is 2.10. The molecule has 0 saturated heterocycles. The zero-order valence-electron chi connectivity index (χ0n) is 16.8. The van der Waals surface area contributed by atoms with E-state index >= 15 is 0 Å². The number of carbonyl (C=O) groups excluding carboxylic acids is 1. The zero-order chi connectivity index (χ0) is 20.1. The van der Waals surface area contributed by atoms with E-state index in [9.17, 15) is 4.79 Å². The van der Waals surface area contributed by atoms with Crippen molar-refractivity contribution >= 4 is 28.2 Å². The molecule has 0 radical (unpaired) electrons. The van der Waals surface area contributed by atoms with Crippen molar-refractivity contribution in [3.05, 3.63) is 59.8 Å². The van der Waals surface area contributed by atoms with Gasteiger partial charge in [0.1, 0.15) is 11.3 Å². The van der Waals surface area contributed by atoms with Crippen molar-refractivity contribution in [3.63, 3.8) is 0 Å². The molecule has 3 aromatic rings. The third-order valence-corrected chi connectivity index (χ3v) is 4.49. The first-order valence-electron chi connectivity index (χ1n) is 9.63. The fraction of sp³-hybridized carbons (Fsp3) is 0.304. The number of pyridine rings is 1. The zero-order valence-corrected chi connectivity index (χ0v) is 16.8. The van der Waals surface area contributed by atoms with Gasteiger partial charge in [-0.25, -0.2) is 4.79 Å². The molecule has 0 saturated carbocycles. The summed E-state index contributed by atoms with van der Waals surface area (Å²) in [6.07, 6.45) is 1.56. The van der Waals surface area contributed by atoms with Crippen molar-refractivity contribution in [2.75, 3.05) is 18.5 Å². The van der Waals surface area contributed by atoms with E-state index in [-0.39, 0.29) is 0 Å². The van der Waals surface area contributed by atoms with E-state index in [2.05, 4.69) is 36.3 Å². The third kappa shape index (κ3) is 4.25. The van der Waals surface area contributed by atoms with Crippen molar-refractivity contribution in [2.24, 2.45) is 0 Å². The monoisotopic (exact) mass is 378 g/mol. The highest BCUT2D eigenvalue weighted by Crippen LogP contribution is 2.32. The normalized spacial score (nSPS) is 10.9. The SMILES string of the molecule is CCOC(=O)c1cnc2ccc(OCC)cc2c1Nc1ccc(C(C)C)cc1. The van der Waals surface area contributed by atoms with Gasteiger partial charge in [0.2, 0.25) is 0 Å². The van der Waals surface area contributed by atoms with E-state index in [1.807, 2.05) is 37.3 Å². The Bertz CT molecular complexity index is 965. The summed E-state index contributed by atoms with van der Waals surface area (Å²) in [5, 5.41) is 4.20. The molecule has 0 fully saturated rings. The maximum absolute atomic E-state index is 12.5. The lowest BCUT2D eigenvalue weighted by molar-refractivity contribution is 0.0527. The summed E-state index contributed by atoms with van der Waals surface area (Å²) in [6, 6.07) is 13.9. The van der Waals surface area contributed by atoms with Gasteiger partial charge >= 0.3 is 5.97 Å². The van der Waals surface area contributed by atoms with Gasteiger partial charge in [-0.2, -0.15) is 0 Å². The van der Waals surface area contributed by atoms with Gasteiger partial charge in [-0.05, 0) is 55.7 Å². The Morgan fingerprint density at radius 1 is 1.07 bits per heavy atom. The standard InChI is InChI=1S/C23H26N2O3/c1-5-27-18-11-12-21-19(13-18)22(20(14-24-21)23(26)28-6-2)25-17-9-7-16(8-10-17)15(3)4/h7-15H,5-6H2,1-4H3,(H,24,25). The lowest BCUT2D eigenvalue weighted by Crippen LogP contribution is -2.09. The molecule has 1 N–H and O–H groups in total.